The second-order valence-corrected chi connectivity index (χ2v) is 10.9. The average molecular weight is 573 g/mol. The van der Waals surface area contributed by atoms with Crippen LogP contribution in [0.4, 0.5) is 0 Å². The molecular formula is C34H36O6S. The Morgan fingerprint density at radius 1 is 0.610 bits per heavy atom. The molecule has 0 bridgehead atoms. The Morgan fingerprint density at radius 2 is 1.10 bits per heavy atom. The van der Waals surface area contributed by atoms with Crippen molar-refractivity contribution in [3.63, 3.8) is 0 Å². The number of benzene rings is 4. The van der Waals surface area contributed by atoms with E-state index in [4.69, 9.17) is 23.7 Å². The Bertz CT molecular complexity index is 1290. The molecule has 1 saturated heterocycles. The Hall–Kier alpha value is -3.17. The zero-order valence-corrected chi connectivity index (χ0v) is 23.9. The molecule has 5 atom stereocenters. The van der Waals surface area contributed by atoms with E-state index in [0.717, 1.165) is 27.3 Å². The summed E-state index contributed by atoms with van der Waals surface area (Å²) in [5, 5.41) is 11.2. The van der Waals surface area contributed by atoms with Gasteiger partial charge in [-0.25, -0.2) is 0 Å². The molecule has 1 aliphatic heterocycles. The van der Waals surface area contributed by atoms with Crippen molar-refractivity contribution in [1.29, 1.82) is 0 Å². The molecule has 0 radical (unpaired) electrons. The van der Waals surface area contributed by atoms with Gasteiger partial charge in [-0.3, -0.25) is 0 Å². The molecule has 1 heterocycles. The smallest absolute Gasteiger partial charge is 0.184 e. The minimum Gasteiger partial charge on any atom is -0.497 e. The molecule has 6 nitrogen and oxygen atoms in total. The van der Waals surface area contributed by atoms with Gasteiger partial charge in [0.05, 0.1) is 33.0 Å². The average Bonchev–Trinajstić information content (AvgIpc) is 3.03. The van der Waals surface area contributed by atoms with Crippen molar-refractivity contribution >= 4 is 11.8 Å². The summed E-state index contributed by atoms with van der Waals surface area (Å²) >= 11 is 1.66. The molecule has 0 aromatic heterocycles. The highest BCUT2D eigenvalue weighted by molar-refractivity contribution is 7.99. The van der Waals surface area contributed by atoms with Crippen LogP contribution < -0.4 is 4.74 Å². The highest BCUT2D eigenvalue weighted by atomic mass is 32.2. The van der Waals surface area contributed by atoms with Crippen molar-refractivity contribution in [1.82, 2.24) is 0 Å². The second kappa shape index (κ2) is 15.2. The Morgan fingerprint density at radius 3 is 1.66 bits per heavy atom. The zero-order chi connectivity index (χ0) is 28.3. The fourth-order valence-electron chi connectivity index (χ4n) is 4.74. The van der Waals surface area contributed by atoms with Crippen LogP contribution in [0, 0.1) is 0 Å². The largest absolute Gasteiger partial charge is 0.497 e. The van der Waals surface area contributed by atoms with Crippen LogP contribution in [-0.2, 0) is 38.8 Å². The third kappa shape index (κ3) is 8.42. The van der Waals surface area contributed by atoms with E-state index < -0.39 is 30.7 Å². The number of ether oxygens (including phenoxy) is 5. The first kappa shape index (κ1) is 29.3. The minimum absolute atomic E-state index is 0.311. The molecule has 0 spiro atoms. The van der Waals surface area contributed by atoms with E-state index in [0.29, 0.717) is 25.6 Å². The van der Waals surface area contributed by atoms with Gasteiger partial charge in [0, 0.05) is 10.6 Å². The van der Waals surface area contributed by atoms with Gasteiger partial charge in [-0.2, -0.15) is 0 Å². The highest BCUT2D eigenvalue weighted by Crippen LogP contribution is 2.32. The van der Waals surface area contributed by atoms with Gasteiger partial charge in [-0.15, -0.1) is 11.8 Å². The molecule has 41 heavy (non-hydrogen) atoms. The topological polar surface area (TPSA) is 66.4 Å². The molecule has 0 unspecified atom stereocenters. The van der Waals surface area contributed by atoms with Crippen molar-refractivity contribution in [2.24, 2.45) is 0 Å². The summed E-state index contributed by atoms with van der Waals surface area (Å²) in [6.07, 6.45) is -3.45. The van der Waals surface area contributed by atoms with E-state index in [1.807, 2.05) is 103 Å². The normalized spacial score (nSPS) is 22.3. The summed E-state index contributed by atoms with van der Waals surface area (Å²) in [6, 6.07) is 37.8. The van der Waals surface area contributed by atoms with Gasteiger partial charge in [-0.05, 0) is 41.0 Å². The maximum atomic E-state index is 11.2. The first-order valence-corrected chi connectivity index (χ1v) is 14.7. The highest BCUT2D eigenvalue weighted by Gasteiger charge is 2.47. The number of hydrogen-bond acceptors (Lipinski definition) is 7. The molecule has 214 valence electrons. The van der Waals surface area contributed by atoms with E-state index in [1.54, 1.807) is 18.9 Å². The third-order valence-corrected chi connectivity index (χ3v) is 8.04. The van der Waals surface area contributed by atoms with Gasteiger partial charge in [0.25, 0.3) is 0 Å². The monoisotopic (exact) mass is 572 g/mol. The van der Waals surface area contributed by atoms with E-state index in [-0.39, 0.29) is 0 Å². The maximum absolute atomic E-state index is 11.2. The summed E-state index contributed by atoms with van der Waals surface area (Å²) in [5.41, 5.74) is 3.02. The lowest BCUT2D eigenvalue weighted by molar-refractivity contribution is -0.307. The first-order valence-electron chi connectivity index (χ1n) is 13.8. The van der Waals surface area contributed by atoms with Gasteiger partial charge in [0.15, 0.2) is 6.29 Å². The fraction of sp³-hybridized carbons (Fsp3) is 0.294. The summed E-state index contributed by atoms with van der Waals surface area (Å²) in [4.78, 5) is 1.11. The van der Waals surface area contributed by atoms with Crippen LogP contribution in [0.5, 0.6) is 5.75 Å². The second-order valence-electron chi connectivity index (χ2n) is 9.84. The first-order chi connectivity index (χ1) is 20.2. The van der Waals surface area contributed by atoms with Crippen LogP contribution in [0.3, 0.4) is 0 Å². The Balaban J connectivity index is 1.39. The Labute approximate surface area is 246 Å². The van der Waals surface area contributed by atoms with Gasteiger partial charge < -0.3 is 28.8 Å². The quantitative estimate of drug-likeness (QED) is 0.190. The van der Waals surface area contributed by atoms with E-state index in [9.17, 15) is 5.11 Å². The number of rotatable bonds is 13. The lowest BCUT2D eigenvalue weighted by Gasteiger charge is -2.44. The van der Waals surface area contributed by atoms with Crippen molar-refractivity contribution in [2.45, 2.75) is 55.4 Å². The van der Waals surface area contributed by atoms with Crippen LogP contribution >= 0.6 is 11.8 Å². The van der Waals surface area contributed by atoms with Crippen molar-refractivity contribution in [3.05, 3.63) is 132 Å². The molecule has 7 heteroatoms. The summed E-state index contributed by atoms with van der Waals surface area (Å²) < 4.78 is 30.9. The van der Waals surface area contributed by atoms with Crippen LogP contribution in [-0.4, -0.2) is 48.7 Å². The predicted molar refractivity (Wildman–Crippen MR) is 160 cm³/mol. The van der Waals surface area contributed by atoms with Gasteiger partial charge >= 0.3 is 0 Å². The number of hydrogen-bond donors (Lipinski definition) is 1. The SMILES string of the molecule is COc1ccc(CO[C@@H]2[C@H](OCc3ccccc3)[C@@H](OCc3ccccc3)[C@H](O)O[C@@H]2CSc2ccccc2)cc1. The minimum atomic E-state index is -1.18. The molecule has 0 aliphatic carbocycles. The number of methoxy groups -OCH3 is 1. The third-order valence-electron chi connectivity index (χ3n) is 6.94. The maximum Gasteiger partial charge on any atom is 0.184 e. The molecule has 1 aliphatic rings. The van der Waals surface area contributed by atoms with Crippen LogP contribution in [0.25, 0.3) is 0 Å². The molecule has 1 N–H and O–H groups in total. The van der Waals surface area contributed by atoms with Crippen molar-refractivity contribution in [3.8, 4) is 5.75 Å². The lowest BCUT2D eigenvalue weighted by atomic mass is 9.98. The summed E-state index contributed by atoms with van der Waals surface area (Å²) in [5.74, 6) is 1.36. The number of aliphatic hydroxyl groups excluding tert-OH is 1. The Kier molecular flexibility index (Phi) is 10.9. The zero-order valence-electron chi connectivity index (χ0n) is 23.1. The fourth-order valence-corrected chi connectivity index (χ4v) is 5.72. The summed E-state index contributed by atoms with van der Waals surface area (Å²) in [6.45, 7) is 1.01. The number of aliphatic hydroxyl groups is 1. The predicted octanol–water partition coefficient (Wildman–Crippen LogP) is 6.26. The van der Waals surface area contributed by atoms with Crippen molar-refractivity contribution in [2.75, 3.05) is 12.9 Å². The van der Waals surface area contributed by atoms with Gasteiger partial charge in [0.1, 0.15) is 24.1 Å². The van der Waals surface area contributed by atoms with Crippen LogP contribution in [0.2, 0.25) is 0 Å². The van der Waals surface area contributed by atoms with Gasteiger partial charge in [0.2, 0.25) is 0 Å². The van der Waals surface area contributed by atoms with Crippen molar-refractivity contribution < 1.29 is 28.8 Å². The van der Waals surface area contributed by atoms with Crippen LogP contribution in [0.1, 0.15) is 16.7 Å². The standard InChI is InChI=1S/C34H36O6S/c1-36-28-19-17-27(18-20-28)23-37-31-30(24-41-29-15-9-4-10-16-29)40-34(35)33(39-22-26-13-7-3-8-14-26)32(31)38-21-25-11-5-2-6-12-25/h2-20,30-35H,21-24H2,1H3/t30-,31+,32+,33-,34-/m1/s1. The summed E-state index contributed by atoms with van der Waals surface area (Å²) in [7, 11) is 1.65. The van der Waals surface area contributed by atoms with E-state index >= 15 is 0 Å². The molecule has 0 amide bonds. The molecule has 4 aromatic carbocycles. The van der Waals surface area contributed by atoms with Crippen LogP contribution in [0.15, 0.2) is 120 Å². The lowest BCUT2D eigenvalue weighted by Crippen LogP contribution is -2.60. The van der Waals surface area contributed by atoms with E-state index in [1.165, 1.54) is 0 Å². The molecule has 5 rings (SSSR count). The van der Waals surface area contributed by atoms with Gasteiger partial charge in [-0.1, -0.05) is 91.0 Å². The molecule has 4 aromatic rings. The van der Waals surface area contributed by atoms with E-state index in [2.05, 4.69) is 12.1 Å². The molecular weight excluding hydrogens is 536 g/mol. The number of thioether (sulfide) groups is 1. The molecule has 0 saturated carbocycles. The molecule has 1 fully saturated rings.